The fourth-order valence-electron chi connectivity index (χ4n) is 1.58. The van der Waals surface area contributed by atoms with Crippen molar-refractivity contribution in [2.45, 2.75) is 0 Å². The van der Waals surface area contributed by atoms with Crippen molar-refractivity contribution in [3.05, 3.63) is 51.6 Å². The van der Waals surface area contributed by atoms with Gasteiger partial charge in [-0.05, 0) is 40.2 Å². The molecule has 19 heavy (non-hydrogen) atoms. The van der Waals surface area contributed by atoms with E-state index in [9.17, 15) is 4.79 Å². The molecule has 0 spiro atoms. The number of pyridine rings is 1. The lowest BCUT2D eigenvalue weighted by molar-refractivity contribution is 0.102. The Kier molecular flexibility index (Phi) is 4.39. The largest absolute Gasteiger partial charge is 0.372 e. The van der Waals surface area contributed by atoms with Gasteiger partial charge in [-0.15, -0.1) is 0 Å². The van der Waals surface area contributed by atoms with E-state index in [-0.39, 0.29) is 5.91 Å². The van der Waals surface area contributed by atoms with Crippen LogP contribution in [0.25, 0.3) is 0 Å². The molecule has 0 aliphatic rings. The van der Waals surface area contributed by atoms with Gasteiger partial charge in [0.25, 0.3) is 5.91 Å². The first-order chi connectivity index (χ1) is 9.13. The summed E-state index contributed by atoms with van der Waals surface area (Å²) in [6.07, 6.45) is 1.62. The molecule has 1 heterocycles. The van der Waals surface area contributed by atoms with Gasteiger partial charge in [0, 0.05) is 13.2 Å². The number of halogens is 2. The lowest BCUT2D eigenvalue weighted by Crippen LogP contribution is -2.15. The van der Waals surface area contributed by atoms with Gasteiger partial charge in [0.15, 0.2) is 0 Å². The molecule has 2 N–H and O–H groups in total. The Bertz CT molecular complexity index is 619. The Balaban J connectivity index is 2.28. The molecule has 1 aromatic carbocycles. The molecule has 98 valence electrons. The fraction of sp³-hybridized carbons (Fsp3) is 0.0769. The fourth-order valence-corrected chi connectivity index (χ4v) is 2.12. The zero-order valence-corrected chi connectivity index (χ0v) is 12.4. The normalized spacial score (nSPS) is 10.1. The maximum Gasteiger partial charge on any atom is 0.259 e. The first-order valence-corrected chi connectivity index (χ1v) is 6.68. The predicted molar refractivity (Wildman–Crippen MR) is 80.9 cm³/mol. The van der Waals surface area contributed by atoms with Gasteiger partial charge in [-0.2, -0.15) is 0 Å². The number of benzene rings is 1. The molecule has 2 aromatic rings. The van der Waals surface area contributed by atoms with Crippen molar-refractivity contribution in [3.8, 4) is 0 Å². The lowest BCUT2D eigenvalue weighted by atomic mass is 10.2. The summed E-state index contributed by atoms with van der Waals surface area (Å²) in [5.74, 6) is 0.276. The Morgan fingerprint density at radius 3 is 2.84 bits per heavy atom. The highest BCUT2D eigenvalue weighted by atomic mass is 79.9. The van der Waals surface area contributed by atoms with E-state index in [2.05, 4.69) is 31.5 Å². The quantitative estimate of drug-likeness (QED) is 0.894. The zero-order valence-electron chi connectivity index (χ0n) is 10.1. The van der Waals surface area contributed by atoms with E-state index in [1.165, 1.54) is 0 Å². The Labute approximate surface area is 124 Å². The predicted octanol–water partition coefficient (Wildman–Crippen LogP) is 3.79. The Morgan fingerprint density at radius 2 is 2.11 bits per heavy atom. The van der Waals surface area contributed by atoms with Crippen LogP contribution in [0.2, 0.25) is 5.02 Å². The van der Waals surface area contributed by atoms with Crippen LogP contribution in [0.1, 0.15) is 10.4 Å². The van der Waals surface area contributed by atoms with Gasteiger partial charge in [0.1, 0.15) is 5.82 Å². The van der Waals surface area contributed by atoms with Crippen LogP contribution in [-0.4, -0.2) is 17.9 Å². The molecule has 0 atom stereocenters. The highest BCUT2D eigenvalue weighted by Gasteiger charge is 2.13. The highest BCUT2D eigenvalue weighted by Crippen LogP contribution is 2.30. The molecule has 0 aliphatic carbocycles. The molecule has 0 saturated heterocycles. The molecule has 6 heteroatoms. The summed E-state index contributed by atoms with van der Waals surface area (Å²) in [6, 6.07) is 8.69. The van der Waals surface area contributed by atoms with Gasteiger partial charge in [-0.25, -0.2) is 4.98 Å². The topological polar surface area (TPSA) is 54.0 Å². The van der Waals surface area contributed by atoms with Gasteiger partial charge in [0.05, 0.1) is 20.7 Å². The third kappa shape index (κ3) is 3.05. The Hall–Kier alpha value is -1.59. The van der Waals surface area contributed by atoms with Gasteiger partial charge in [0.2, 0.25) is 0 Å². The number of amides is 1. The number of hydrogen-bond acceptors (Lipinski definition) is 3. The van der Waals surface area contributed by atoms with Crippen molar-refractivity contribution in [2.24, 2.45) is 0 Å². The van der Waals surface area contributed by atoms with E-state index >= 15 is 0 Å². The van der Waals surface area contributed by atoms with Crippen molar-refractivity contribution in [2.75, 3.05) is 17.7 Å². The van der Waals surface area contributed by atoms with Gasteiger partial charge in [-0.3, -0.25) is 4.79 Å². The smallest absolute Gasteiger partial charge is 0.259 e. The molecule has 0 saturated carbocycles. The van der Waals surface area contributed by atoms with Crippen LogP contribution in [0.5, 0.6) is 0 Å². The zero-order chi connectivity index (χ0) is 13.8. The minimum atomic E-state index is -0.250. The van der Waals surface area contributed by atoms with E-state index in [0.717, 1.165) is 0 Å². The summed E-state index contributed by atoms with van der Waals surface area (Å²) in [5, 5.41) is 6.21. The molecule has 0 unspecified atom stereocenters. The third-order valence-corrected chi connectivity index (χ3v) is 3.89. The van der Waals surface area contributed by atoms with Crippen molar-refractivity contribution in [1.82, 2.24) is 4.98 Å². The van der Waals surface area contributed by atoms with Crippen LogP contribution in [0.3, 0.4) is 0 Å². The summed E-state index contributed by atoms with van der Waals surface area (Å²) < 4.78 is 0.653. The maximum atomic E-state index is 12.2. The number of carbonyl (C=O) groups excluding carboxylic acids is 1. The number of rotatable bonds is 3. The average Bonchev–Trinajstić information content (AvgIpc) is 2.43. The van der Waals surface area contributed by atoms with E-state index in [1.807, 2.05) is 0 Å². The Morgan fingerprint density at radius 1 is 1.32 bits per heavy atom. The van der Waals surface area contributed by atoms with Crippen LogP contribution in [0.15, 0.2) is 41.0 Å². The average molecular weight is 341 g/mol. The van der Waals surface area contributed by atoms with E-state index in [4.69, 9.17) is 11.6 Å². The van der Waals surface area contributed by atoms with Crippen LogP contribution < -0.4 is 10.6 Å². The summed E-state index contributed by atoms with van der Waals surface area (Å²) in [5.41, 5.74) is 1.08. The molecule has 0 aliphatic heterocycles. The second-order valence-corrected chi connectivity index (χ2v) is 4.91. The standard InChI is InChI=1S/C13H11BrClN3O/c1-16-12-8(4-3-7-17-12)13(19)18-10-6-2-5-9(15)11(10)14/h2-7H,1H3,(H,16,17)(H,18,19). The second-order valence-electron chi connectivity index (χ2n) is 3.71. The van der Waals surface area contributed by atoms with Crippen LogP contribution in [-0.2, 0) is 0 Å². The summed E-state index contributed by atoms with van der Waals surface area (Å²) in [7, 11) is 1.72. The van der Waals surface area contributed by atoms with Gasteiger partial charge < -0.3 is 10.6 Å². The van der Waals surface area contributed by atoms with E-state index in [1.54, 1.807) is 43.6 Å². The summed E-state index contributed by atoms with van der Waals surface area (Å²) in [6.45, 7) is 0. The lowest BCUT2D eigenvalue weighted by Gasteiger charge is -2.10. The molecular weight excluding hydrogens is 330 g/mol. The molecule has 1 aromatic heterocycles. The number of carbonyl (C=O) groups is 1. The van der Waals surface area contributed by atoms with Crippen molar-refractivity contribution < 1.29 is 4.79 Å². The first kappa shape index (κ1) is 13.8. The second kappa shape index (κ2) is 6.04. The minimum absolute atomic E-state index is 0.250. The van der Waals surface area contributed by atoms with Crippen molar-refractivity contribution in [1.29, 1.82) is 0 Å². The number of nitrogens with one attached hydrogen (secondary N) is 2. The summed E-state index contributed by atoms with van der Waals surface area (Å²) >= 11 is 9.32. The number of nitrogens with zero attached hydrogens (tertiary/aromatic N) is 1. The first-order valence-electron chi connectivity index (χ1n) is 5.51. The molecule has 0 radical (unpaired) electrons. The number of hydrogen-bond donors (Lipinski definition) is 2. The van der Waals surface area contributed by atoms with E-state index in [0.29, 0.717) is 26.6 Å². The molecular formula is C13H11BrClN3O. The third-order valence-electron chi connectivity index (χ3n) is 2.49. The number of aromatic nitrogens is 1. The molecule has 4 nitrogen and oxygen atoms in total. The van der Waals surface area contributed by atoms with Crippen molar-refractivity contribution >= 4 is 44.9 Å². The monoisotopic (exact) mass is 339 g/mol. The number of anilines is 2. The molecule has 0 bridgehead atoms. The molecule has 1 amide bonds. The van der Waals surface area contributed by atoms with Crippen LogP contribution in [0.4, 0.5) is 11.5 Å². The SMILES string of the molecule is CNc1ncccc1C(=O)Nc1cccc(Cl)c1Br. The van der Waals surface area contributed by atoms with Crippen LogP contribution >= 0.6 is 27.5 Å². The minimum Gasteiger partial charge on any atom is -0.372 e. The van der Waals surface area contributed by atoms with E-state index < -0.39 is 0 Å². The van der Waals surface area contributed by atoms with Gasteiger partial charge in [-0.1, -0.05) is 17.7 Å². The summed E-state index contributed by atoms with van der Waals surface area (Å²) in [4.78, 5) is 16.3. The van der Waals surface area contributed by atoms with Crippen LogP contribution in [0, 0.1) is 0 Å². The highest BCUT2D eigenvalue weighted by molar-refractivity contribution is 9.10. The van der Waals surface area contributed by atoms with Crippen molar-refractivity contribution in [3.63, 3.8) is 0 Å². The maximum absolute atomic E-state index is 12.2. The molecule has 0 fully saturated rings. The van der Waals surface area contributed by atoms with Gasteiger partial charge >= 0.3 is 0 Å². The molecule has 2 rings (SSSR count).